The number of anilines is 2. The first-order valence-corrected chi connectivity index (χ1v) is 7.02. The Morgan fingerprint density at radius 2 is 2.15 bits per heavy atom. The van der Waals surface area contributed by atoms with Crippen LogP contribution in [-0.2, 0) is 16.0 Å². The molecule has 0 atom stereocenters. The third-order valence-electron chi connectivity index (χ3n) is 3.37. The number of amides is 2. The predicted molar refractivity (Wildman–Crippen MR) is 76.1 cm³/mol. The molecule has 0 saturated carbocycles. The number of rotatable bonds is 5. The molecule has 0 aliphatic carbocycles. The highest BCUT2D eigenvalue weighted by atomic mass is 19.1. The largest absolute Gasteiger partial charge is 0.326 e. The number of hydrogen-bond donors (Lipinski definition) is 2. The zero-order valence-electron chi connectivity index (χ0n) is 11.6. The fraction of sp³-hybridized carbons (Fsp3) is 0.467. The van der Waals surface area contributed by atoms with Gasteiger partial charge in [-0.15, -0.1) is 0 Å². The first kappa shape index (κ1) is 14.5. The number of benzene rings is 1. The summed E-state index contributed by atoms with van der Waals surface area (Å²) in [4.78, 5) is 23.0. The van der Waals surface area contributed by atoms with E-state index in [0.29, 0.717) is 24.9 Å². The summed E-state index contributed by atoms with van der Waals surface area (Å²) in [5, 5.41) is 5.26. The molecule has 20 heavy (non-hydrogen) atoms. The quantitative estimate of drug-likeness (QED) is 0.812. The fourth-order valence-corrected chi connectivity index (χ4v) is 2.24. The summed E-state index contributed by atoms with van der Waals surface area (Å²) >= 11 is 0. The van der Waals surface area contributed by atoms with Crippen molar-refractivity contribution in [2.45, 2.75) is 45.4 Å². The topological polar surface area (TPSA) is 58.2 Å². The molecular weight excluding hydrogens is 259 g/mol. The minimum atomic E-state index is -0.455. The van der Waals surface area contributed by atoms with Crippen molar-refractivity contribution in [1.82, 2.24) is 0 Å². The van der Waals surface area contributed by atoms with Crippen LogP contribution in [0.4, 0.5) is 15.8 Å². The summed E-state index contributed by atoms with van der Waals surface area (Å²) in [6.45, 7) is 2.06. The second kappa shape index (κ2) is 6.50. The molecule has 0 aromatic heterocycles. The number of hydrogen-bond acceptors (Lipinski definition) is 2. The van der Waals surface area contributed by atoms with Gasteiger partial charge >= 0.3 is 0 Å². The van der Waals surface area contributed by atoms with E-state index in [9.17, 15) is 14.0 Å². The highest BCUT2D eigenvalue weighted by Gasteiger charge is 2.18. The first-order valence-electron chi connectivity index (χ1n) is 7.02. The van der Waals surface area contributed by atoms with Gasteiger partial charge in [-0.05, 0) is 30.5 Å². The van der Waals surface area contributed by atoms with Crippen LogP contribution < -0.4 is 10.6 Å². The molecule has 2 rings (SSSR count). The molecule has 2 amide bonds. The fourth-order valence-electron chi connectivity index (χ4n) is 2.24. The maximum absolute atomic E-state index is 13.9. The monoisotopic (exact) mass is 278 g/mol. The number of unbranched alkanes of at least 4 members (excludes halogenated alkanes) is 2. The summed E-state index contributed by atoms with van der Waals surface area (Å²) in [6.07, 6.45) is 4.10. The molecule has 0 fully saturated rings. The van der Waals surface area contributed by atoms with Gasteiger partial charge in [0.05, 0.1) is 5.69 Å². The Hall–Kier alpha value is -1.91. The zero-order valence-corrected chi connectivity index (χ0v) is 11.6. The Balaban J connectivity index is 2.06. The summed E-state index contributed by atoms with van der Waals surface area (Å²) in [5.41, 5.74) is 1.49. The van der Waals surface area contributed by atoms with Gasteiger partial charge in [-0.25, -0.2) is 4.39 Å². The molecule has 0 saturated heterocycles. The van der Waals surface area contributed by atoms with E-state index in [0.717, 1.165) is 24.8 Å². The maximum atomic E-state index is 13.9. The van der Waals surface area contributed by atoms with Crippen molar-refractivity contribution in [3.05, 3.63) is 23.5 Å². The molecule has 0 bridgehead atoms. The minimum Gasteiger partial charge on any atom is -0.326 e. The van der Waals surface area contributed by atoms with E-state index in [-0.39, 0.29) is 17.5 Å². The van der Waals surface area contributed by atoms with E-state index in [1.807, 2.05) is 0 Å². The van der Waals surface area contributed by atoms with E-state index in [2.05, 4.69) is 17.6 Å². The van der Waals surface area contributed by atoms with Crippen molar-refractivity contribution in [2.24, 2.45) is 0 Å². The Kier molecular flexibility index (Phi) is 4.71. The highest BCUT2D eigenvalue weighted by Crippen LogP contribution is 2.28. The summed E-state index contributed by atoms with van der Waals surface area (Å²) < 4.78 is 13.9. The average Bonchev–Trinajstić information content (AvgIpc) is 2.40. The van der Waals surface area contributed by atoms with Crippen LogP contribution in [-0.4, -0.2) is 11.8 Å². The Bertz CT molecular complexity index is 529. The van der Waals surface area contributed by atoms with Gasteiger partial charge in [0.1, 0.15) is 5.82 Å². The van der Waals surface area contributed by atoms with Crippen molar-refractivity contribution in [3.63, 3.8) is 0 Å². The van der Waals surface area contributed by atoms with Crippen LogP contribution in [0.5, 0.6) is 0 Å². The highest BCUT2D eigenvalue weighted by molar-refractivity contribution is 5.96. The minimum absolute atomic E-state index is 0.0793. The third kappa shape index (κ3) is 3.56. The lowest BCUT2D eigenvalue weighted by molar-refractivity contribution is -0.117. The number of nitrogens with one attached hydrogen (secondary N) is 2. The maximum Gasteiger partial charge on any atom is 0.224 e. The summed E-state index contributed by atoms with van der Waals surface area (Å²) in [6, 6.07) is 2.88. The molecule has 1 heterocycles. The molecule has 0 spiro atoms. The second-order valence-electron chi connectivity index (χ2n) is 5.04. The van der Waals surface area contributed by atoms with Crippen LogP contribution in [0.2, 0.25) is 0 Å². The molecule has 1 aromatic carbocycles. The van der Waals surface area contributed by atoms with Gasteiger partial charge in [0.2, 0.25) is 11.8 Å². The molecule has 4 nitrogen and oxygen atoms in total. The Morgan fingerprint density at radius 3 is 2.90 bits per heavy atom. The smallest absolute Gasteiger partial charge is 0.224 e. The average molecular weight is 278 g/mol. The van der Waals surface area contributed by atoms with Gasteiger partial charge in [-0.1, -0.05) is 19.8 Å². The normalized spacial score (nSPS) is 13.6. The molecular formula is C15H19FN2O2. The van der Waals surface area contributed by atoms with E-state index < -0.39 is 5.82 Å². The SMILES string of the molecule is CCCCCC(=O)Nc1cc2c(cc1F)CCC(=O)N2. The van der Waals surface area contributed by atoms with E-state index in [4.69, 9.17) is 0 Å². The molecule has 1 aromatic rings. The van der Waals surface area contributed by atoms with Crippen molar-refractivity contribution in [1.29, 1.82) is 0 Å². The zero-order chi connectivity index (χ0) is 14.5. The van der Waals surface area contributed by atoms with Crippen LogP contribution in [0.3, 0.4) is 0 Å². The van der Waals surface area contributed by atoms with E-state index in [1.54, 1.807) is 0 Å². The molecule has 2 N–H and O–H groups in total. The lowest BCUT2D eigenvalue weighted by Gasteiger charge is -2.18. The van der Waals surface area contributed by atoms with Gasteiger partial charge < -0.3 is 10.6 Å². The van der Waals surface area contributed by atoms with Crippen molar-refractivity contribution >= 4 is 23.2 Å². The molecule has 1 aliphatic heterocycles. The summed E-state index contributed by atoms with van der Waals surface area (Å²) in [7, 11) is 0. The molecule has 5 heteroatoms. The number of fused-ring (bicyclic) bond motifs is 1. The third-order valence-corrected chi connectivity index (χ3v) is 3.37. The second-order valence-corrected chi connectivity index (χ2v) is 5.04. The molecule has 108 valence electrons. The molecule has 0 radical (unpaired) electrons. The van der Waals surface area contributed by atoms with Gasteiger partial charge in [0.25, 0.3) is 0 Å². The van der Waals surface area contributed by atoms with Crippen molar-refractivity contribution < 1.29 is 14.0 Å². The number of carbonyl (C=O) groups is 2. The lowest BCUT2D eigenvalue weighted by atomic mass is 10.0. The number of aryl methyl sites for hydroxylation is 1. The van der Waals surface area contributed by atoms with Crippen LogP contribution in [0, 0.1) is 5.82 Å². The predicted octanol–water partition coefficient (Wildman–Crippen LogP) is 3.23. The number of carbonyl (C=O) groups excluding carboxylic acids is 2. The van der Waals surface area contributed by atoms with Gasteiger partial charge in [-0.2, -0.15) is 0 Å². The first-order chi connectivity index (χ1) is 9.60. The standard InChI is InChI=1S/C15H19FN2O2/c1-2-3-4-5-14(19)18-13-9-12-10(8-11(13)16)6-7-15(20)17-12/h8-9H,2-7H2,1H3,(H,17,20)(H,18,19). The van der Waals surface area contributed by atoms with Crippen LogP contribution in [0.25, 0.3) is 0 Å². The summed E-state index contributed by atoms with van der Waals surface area (Å²) in [5.74, 6) is -0.729. The molecule has 1 aliphatic rings. The van der Waals surface area contributed by atoms with Crippen molar-refractivity contribution in [2.75, 3.05) is 10.6 Å². The van der Waals surface area contributed by atoms with E-state index >= 15 is 0 Å². The van der Waals surface area contributed by atoms with Gasteiger partial charge in [0.15, 0.2) is 0 Å². The Morgan fingerprint density at radius 1 is 1.35 bits per heavy atom. The number of halogens is 1. The van der Waals surface area contributed by atoms with Crippen LogP contribution >= 0.6 is 0 Å². The van der Waals surface area contributed by atoms with Gasteiger partial charge in [-0.3, -0.25) is 9.59 Å². The van der Waals surface area contributed by atoms with Crippen molar-refractivity contribution in [3.8, 4) is 0 Å². The van der Waals surface area contributed by atoms with Crippen LogP contribution in [0.1, 0.15) is 44.6 Å². The lowest BCUT2D eigenvalue weighted by Crippen LogP contribution is -2.20. The Labute approximate surface area is 117 Å². The van der Waals surface area contributed by atoms with Crippen LogP contribution in [0.15, 0.2) is 12.1 Å². The van der Waals surface area contributed by atoms with Gasteiger partial charge in [0, 0.05) is 18.5 Å². The van der Waals surface area contributed by atoms with E-state index in [1.165, 1.54) is 12.1 Å². The molecule has 0 unspecified atom stereocenters.